The van der Waals surface area contributed by atoms with Gasteiger partial charge in [0.15, 0.2) is 0 Å². The van der Waals surface area contributed by atoms with Crippen LogP contribution in [-0.4, -0.2) is 46.1 Å². The molecular formula is C14H19N3O3S. The number of aliphatic hydroxyl groups excluding tert-OH is 1. The topological polar surface area (TPSA) is 86.3 Å². The standard InChI is InChI=1S/C14H19N3O3S/c1-9-10-12(19)15-8-16-13(10)21-11(9)14(20)17(2)6-4-3-5-7-18/h8,18H,3-7H2,1-2H3,(H,15,16,19). The smallest absolute Gasteiger partial charge is 0.264 e. The molecule has 0 aliphatic carbocycles. The molecule has 0 aliphatic heterocycles. The molecule has 0 radical (unpaired) electrons. The molecule has 0 unspecified atom stereocenters. The number of H-pyrrole nitrogens is 1. The summed E-state index contributed by atoms with van der Waals surface area (Å²) < 4.78 is 0. The van der Waals surface area contributed by atoms with E-state index in [1.807, 2.05) is 0 Å². The van der Waals surface area contributed by atoms with Gasteiger partial charge in [-0.25, -0.2) is 4.98 Å². The third-order valence-corrected chi connectivity index (χ3v) is 4.61. The van der Waals surface area contributed by atoms with E-state index >= 15 is 0 Å². The van der Waals surface area contributed by atoms with E-state index < -0.39 is 0 Å². The molecule has 2 heterocycles. The molecule has 0 bridgehead atoms. The Morgan fingerprint density at radius 3 is 2.86 bits per heavy atom. The van der Waals surface area contributed by atoms with Crippen LogP contribution in [0.2, 0.25) is 0 Å². The average molecular weight is 309 g/mol. The van der Waals surface area contributed by atoms with Crippen LogP contribution in [0.4, 0.5) is 0 Å². The van der Waals surface area contributed by atoms with Crippen LogP contribution in [0.5, 0.6) is 0 Å². The molecule has 2 N–H and O–H groups in total. The predicted molar refractivity (Wildman–Crippen MR) is 82.9 cm³/mol. The summed E-state index contributed by atoms with van der Waals surface area (Å²) in [6, 6.07) is 0. The van der Waals surface area contributed by atoms with Gasteiger partial charge in [0.2, 0.25) is 0 Å². The van der Waals surface area contributed by atoms with Gasteiger partial charge in [0, 0.05) is 20.2 Å². The maximum absolute atomic E-state index is 12.5. The van der Waals surface area contributed by atoms with Crippen LogP contribution >= 0.6 is 11.3 Å². The molecule has 2 aromatic heterocycles. The van der Waals surface area contributed by atoms with E-state index in [-0.39, 0.29) is 18.1 Å². The molecule has 0 saturated carbocycles. The quantitative estimate of drug-likeness (QED) is 0.792. The van der Waals surface area contributed by atoms with E-state index in [9.17, 15) is 9.59 Å². The van der Waals surface area contributed by atoms with Gasteiger partial charge in [-0.1, -0.05) is 0 Å². The minimum atomic E-state index is -0.210. The number of carbonyl (C=O) groups excluding carboxylic acids is 1. The number of aryl methyl sites for hydroxylation is 1. The number of hydrogen-bond acceptors (Lipinski definition) is 5. The zero-order valence-electron chi connectivity index (χ0n) is 12.2. The Hall–Kier alpha value is -1.73. The monoisotopic (exact) mass is 309 g/mol. The molecule has 0 aromatic carbocycles. The molecule has 114 valence electrons. The van der Waals surface area contributed by atoms with Crippen LogP contribution in [0.25, 0.3) is 10.2 Å². The average Bonchev–Trinajstić information content (AvgIpc) is 2.81. The first-order valence-electron chi connectivity index (χ1n) is 6.89. The summed E-state index contributed by atoms with van der Waals surface area (Å²) in [6.07, 6.45) is 3.85. The molecule has 0 atom stereocenters. The molecular weight excluding hydrogens is 290 g/mol. The number of rotatable bonds is 6. The number of aromatic nitrogens is 2. The summed E-state index contributed by atoms with van der Waals surface area (Å²) >= 11 is 1.26. The summed E-state index contributed by atoms with van der Waals surface area (Å²) in [4.78, 5) is 33.7. The van der Waals surface area contributed by atoms with E-state index in [0.29, 0.717) is 27.2 Å². The van der Waals surface area contributed by atoms with Crippen LogP contribution in [0.3, 0.4) is 0 Å². The Bertz CT molecular complexity index is 692. The zero-order valence-corrected chi connectivity index (χ0v) is 13.0. The zero-order chi connectivity index (χ0) is 15.4. The van der Waals surface area contributed by atoms with Crippen LogP contribution in [0.15, 0.2) is 11.1 Å². The van der Waals surface area contributed by atoms with Crippen molar-refractivity contribution in [3.8, 4) is 0 Å². The normalized spacial score (nSPS) is 11.0. The number of unbranched alkanes of at least 4 members (excludes halogenated alkanes) is 2. The van der Waals surface area contributed by atoms with Crippen molar-refractivity contribution in [2.75, 3.05) is 20.2 Å². The number of thiophene rings is 1. The van der Waals surface area contributed by atoms with Crippen LogP contribution in [0.1, 0.15) is 34.5 Å². The van der Waals surface area contributed by atoms with E-state index in [2.05, 4.69) is 9.97 Å². The molecule has 0 saturated heterocycles. The van der Waals surface area contributed by atoms with Gasteiger partial charge < -0.3 is 15.0 Å². The van der Waals surface area contributed by atoms with Gasteiger partial charge in [-0.2, -0.15) is 0 Å². The Morgan fingerprint density at radius 2 is 2.19 bits per heavy atom. The van der Waals surface area contributed by atoms with E-state index in [1.54, 1.807) is 18.9 Å². The number of nitrogens with zero attached hydrogens (tertiary/aromatic N) is 2. The van der Waals surface area contributed by atoms with Crippen molar-refractivity contribution in [2.45, 2.75) is 26.2 Å². The van der Waals surface area contributed by atoms with Gasteiger partial charge in [0.05, 0.1) is 16.6 Å². The molecule has 6 nitrogen and oxygen atoms in total. The summed E-state index contributed by atoms with van der Waals surface area (Å²) in [5, 5.41) is 9.24. The van der Waals surface area contributed by atoms with Crippen LogP contribution in [-0.2, 0) is 0 Å². The van der Waals surface area contributed by atoms with Gasteiger partial charge >= 0.3 is 0 Å². The van der Waals surface area contributed by atoms with Gasteiger partial charge in [-0.15, -0.1) is 11.3 Å². The van der Waals surface area contributed by atoms with Gasteiger partial charge in [-0.05, 0) is 31.7 Å². The Labute approximate surface area is 126 Å². The lowest BCUT2D eigenvalue weighted by atomic mass is 10.2. The van der Waals surface area contributed by atoms with Gasteiger partial charge in [0.25, 0.3) is 11.5 Å². The van der Waals surface area contributed by atoms with Crippen molar-refractivity contribution in [3.63, 3.8) is 0 Å². The van der Waals surface area contributed by atoms with Crippen molar-refractivity contribution >= 4 is 27.5 Å². The highest BCUT2D eigenvalue weighted by Crippen LogP contribution is 2.27. The van der Waals surface area contributed by atoms with Crippen molar-refractivity contribution in [1.82, 2.24) is 14.9 Å². The summed E-state index contributed by atoms with van der Waals surface area (Å²) in [6.45, 7) is 2.60. The number of nitrogens with one attached hydrogen (secondary N) is 1. The highest BCUT2D eigenvalue weighted by atomic mass is 32.1. The molecule has 0 spiro atoms. The third kappa shape index (κ3) is 3.30. The second-order valence-electron chi connectivity index (χ2n) is 4.98. The lowest BCUT2D eigenvalue weighted by molar-refractivity contribution is 0.0796. The number of fused-ring (bicyclic) bond motifs is 1. The highest BCUT2D eigenvalue weighted by molar-refractivity contribution is 7.20. The van der Waals surface area contributed by atoms with Crippen molar-refractivity contribution in [3.05, 3.63) is 27.1 Å². The molecule has 0 fully saturated rings. The first kappa shape index (κ1) is 15.7. The summed E-state index contributed by atoms with van der Waals surface area (Å²) in [5.74, 6) is -0.0844. The lowest BCUT2D eigenvalue weighted by Crippen LogP contribution is -2.27. The molecule has 2 aromatic rings. The fourth-order valence-corrected chi connectivity index (χ4v) is 3.34. The van der Waals surface area contributed by atoms with E-state index in [0.717, 1.165) is 19.3 Å². The number of aromatic amines is 1. The molecule has 2 rings (SSSR count). The summed E-state index contributed by atoms with van der Waals surface area (Å²) in [5.41, 5.74) is 0.481. The van der Waals surface area contributed by atoms with Gasteiger partial charge in [0.1, 0.15) is 4.83 Å². The van der Waals surface area contributed by atoms with Crippen molar-refractivity contribution in [1.29, 1.82) is 0 Å². The van der Waals surface area contributed by atoms with Crippen LogP contribution < -0.4 is 5.56 Å². The highest BCUT2D eigenvalue weighted by Gasteiger charge is 2.20. The largest absolute Gasteiger partial charge is 0.396 e. The van der Waals surface area contributed by atoms with E-state index in [1.165, 1.54) is 17.7 Å². The second kappa shape index (κ2) is 6.82. The minimum absolute atomic E-state index is 0.0844. The number of aliphatic hydroxyl groups is 1. The van der Waals surface area contributed by atoms with Crippen LogP contribution in [0, 0.1) is 6.92 Å². The maximum atomic E-state index is 12.5. The third-order valence-electron chi connectivity index (χ3n) is 3.43. The molecule has 21 heavy (non-hydrogen) atoms. The predicted octanol–water partition coefficient (Wildman–Crippen LogP) is 1.53. The number of hydrogen-bond donors (Lipinski definition) is 2. The second-order valence-corrected chi connectivity index (χ2v) is 5.98. The fraction of sp³-hybridized carbons (Fsp3) is 0.500. The number of carbonyl (C=O) groups is 1. The molecule has 0 aliphatic rings. The Balaban J connectivity index is 2.18. The van der Waals surface area contributed by atoms with Crippen molar-refractivity contribution < 1.29 is 9.90 Å². The lowest BCUT2D eigenvalue weighted by Gasteiger charge is -2.16. The Morgan fingerprint density at radius 1 is 1.43 bits per heavy atom. The number of amides is 1. The minimum Gasteiger partial charge on any atom is -0.396 e. The SMILES string of the molecule is Cc1c(C(=O)N(C)CCCCCO)sc2nc[nH]c(=O)c12. The van der Waals surface area contributed by atoms with E-state index in [4.69, 9.17) is 5.11 Å². The Kier molecular flexibility index (Phi) is 5.08. The fourth-order valence-electron chi connectivity index (χ4n) is 2.19. The van der Waals surface area contributed by atoms with Gasteiger partial charge in [-0.3, -0.25) is 9.59 Å². The van der Waals surface area contributed by atoms with Crippen molar-refractivity contribution in [2.24, 2.45) is 0 Å². The first-order chi connectivity index (χ1) is 10.1. The molecule has 7 heteroatoms. The summed E-state index contributed by atoms with van der Waals surface area (Å²) in [7, 11) is 1.75. The molecule has 1 amide bonds. The maximum Gasteiger partial charge on any atom is 0.264 e. The first-order valence-corrected chi connectivity index (χ1v) is 7.71.